The molecule has 0 spiro atoms. The van der Waals surface area contributed by atoms with E-state index in [2.05, 4.69) is 5.32 Å². The number of nitrogens with one attached hydrogen (secondary N) is 1. The summed E-state index contributed by atoms with van der Waals surface area (Å²) in [4.78, 5) is 21.7. The quantitative estimate of drug-likeness (QED) is 0.844. The van der Waals surface area contributed by atoms with Crippen LogP contribution in [0.15, 0.2) is 18.2 Å². The summed E-state index contributed by atoms with van der Waals surface area (Å²) in [5.74, 6) is -1.77. The second-order valence-electron chi connectivity index (χ2n) is 4.09. The van der Waals surface area contributed by atoms with Gasteiger partial charge in [0.1, 0.15) is 18.2 Å². The maximum absolute atomic E-state index is 13.1. The second-order valence-corrected chi connectivity index (χ2v) is 4.09. The standard InChI is InChI=1S/C12H12FNO4/c13-8-3-7(12(16)17)4-10(5-8)18-6-9-1-2-11(15)14-9/h3-5,9H,1-2,6H2,(H,14,15)(H,16,17). The van der Waals surface area contributed by atoms with Gasteiger partial charge >= 0.3 is 5.97 Å². The van der Waals surface area contributed by atoms with Crippen molar-refractivity contribution in [3.8, 4) is 5.75 Å². The third kappa shape index (κ3) is 2.97. The summed E-state index contributed by atoms with van der Waals surface area (Å²) in [7, 11) is 0. The van der Waals surface area contributed by atoms with Gasteiger partial charge in [-0.15, -0.1) is 0 Å². The summed E-state index contributed by atoms with van der Waals surface area (Å²) in [6.45, 7) is 0.203. The molecule has 96 valence electrons. The lowest BCUT2D eigenvalue weighted by atomic mass is 10.2. The minimum Gasteiger partial charge on any atom is -0.491 e. The average molecular weight is 253 g/mol. The number of carbonyl (C=O) groups excluding carboxylic acids is 1. The van der Waals surface area contributed by atoms with Gasteiger partial charge in [0.2, 0.25) is 5.91 Å². The minimum atomic E-state index is -1.21. The third-order valence-electron chi connectivity index (χ3n) is 2.65. The Morgan fingerprint density at radius 1 is 1.50 bits per heavy atom. The van der Waals surface area contributed by atoms with Crippen molar-refractivity contribution in [2.24, 2.45) is 0 Å². The molecule has 0 aliphatic carbocycles. The molecule has 2 N–H and O–H groups in total. The van der Waals surface area contributed by atoms with E-state index in [1.54, 1.807) is 0 Å². The molecule has 1 amide bonds. The summed E-state index contributed by atoms with van der Waals surface area (Å²) in [6, 6.07) is 3.19. The van der Waals surface area contributed by atoms with Crippen molar-refractivity contribution < 1.29 is 23.8 Å². The summed E-state index contributed by atoms with van der Waals surface area (Å²) < 4.78 is 18.4. The monoisotopic (exact) mass is 253 g/mol. The Morgan fingerprint density at radius 2 is 2.28 bits per heavy atom. The third-order valence-corrected chi connectivity index (χ3v) is 2.65. The summed E-state index contributed by atoms with van der Waals surface area (Å²) >= 11 is 0. The molecule has 1 aromatic rings. The smallest absolute Gasteiger partial charge is 0.335 e. The van der Waals surface area contributed by atoms with Crippen molar-refractivity contribution in [2.75, 3.05) is 6.61 Å². The highest BCUT2D eigenvalue weighted by Crippen LogP contribution is 2.18. The lowest BCUT2D eigenvalue weighted by molar-refractivity contribution is -0.119. The van der Waals surface area contributed by atoms with Crippen LogP contribution in [0.2, 0.25) is 0 Å². The Hall–Kier alpha value is -2.11. The van der Waals surface area contributed by atoms with E-state index in [4.69, 9.17) is 9.84 Å². The molecule has 0 bridgehead atoms. The van der Waals surface area contributed by atoms with E-state index >= 15 is 0 Å². The van der Waals surface area contributed by atoms with E-state index in [9.17, 15) is 14.0 Å². The fourth-order valence-electron chi connectivity index (χ4n) is 1.77. The molecule has 1 heterocycles. The first-order chi connectivity index (χ1) is 8.54. The van der Waals surface area contributed by atoms with Gasteiger partial charge in [-0.1, -0.05) is 0 Å². The average Bonchev–Trinajstić information content (AvgIpc) is 2.72. The van der Waals surface area contributed by atoms with E-state index in [0.29, 0.717) is 12.8 Å². The van der Waals surface area contributed by atoms with Crippen LogP contribution >= 0.6 is 0 Å². The number of amides is 1. The van der Waals surface area contributed by atoms with Crippen LogP contribution in [0.3, 0.4) is 0 Å². The number of carboxylic acids is 1. The van der Waals surface area contributed by atoms with Crippen molar-refractivity contribution in [1.82, 2.24) is 5.32 Å². The van der Waals surface area contributed by atoms with Crippen LogP contribution in [0.25, 0.3) is 0 Å². The zero-order valence-corrected chi connectivity index (χ0v) is 9.48. The summed E-state index contributed by atoms with van der Waals surface area (Å²) in [6.07, 6.45) is 1.12. The van der Waals surface area contributed by atoms with Crippen LogP contribution in [0.1, 0.15) is 23.2 Å². The number of hydrogen-bond donors (Lipinski definition) is 2. The molecular formula is C12H12FNO4. The van der Waals surface area contributed by atoms with Crippen molar-refractivity contribution >= 4 is 11.9 Å². The molecule has 1 saturated heterocycles. The Labute approximate surface area is 103 Å². The fraction of sp³-hybridized carbons (Fsp3) is 0.333. The van der Waals surface area contributed by atoms with Gasteiger partial charge in [-0.25, -0.2) is 9.18 Å². The van der Waals surface area contributed by atoms with Crippen molar-refractivity contribution in [1.29, 1.82) is 0 Å². The number of benzene rings is 1. The van der Waals surface area contributed by atoms with Gasteiger partial charge in [0, 0.05) is 12.5 Å². The molecule has 0 aromatic heterocycles. The van der Waals surface area contributed by atoms with Crippen LogP contribution in [-0.4, -0.2) is 29.6 Å². The lowest BCUT2D eigenvalue weighted by Crippen LogP contribution is -2.30. The number of ether oxygens (including phenoxy) is 1. The molecule has 1 aliphatic heterocycles. The Bertz CT molecular complexity index is 489. The predicted octanol–water partition coefficient (Wildman–Crippen LogP) is 1.18. The second kappa shape index (κ2) is 5.03. The molecule has 1 atom stereocenters. The number of aromatic carboxylic acids is 1. The molecule has 0 radical (unpaired) electrons. The number of rotatable bonds is 4. The molecule has 6 heteroatoms. The Balaban J connectivity index is 2.00. The van der Waals surface area contributed by atoms with E-state index in [0.717, 1.165) is 12.1 Å². The number of carboxylic acid groups (broad SMARTS) is 1. The molecule has 0 saturated carbocycles. The van der Waals surface area contributed by atoms with E-state index in [-0.39, 0.29) is 29.9 Å². The van der Waals surface area contributed by atoms with Gasteiger partial charge in [0.15, 0.2) is 0 Å². The highest BCUT2D eigenvalue weighted by atomic mass is 19.1. The molecule has 18 heavy (non-hydrogen) atoms. The van der Waals surface area contributed by atoms with Crippen LogP contribution in [0.5, 0.6) is 5.75 Å². The Morgan fingerprint density at radius 3 is 2.89 bits per heavy atom. The normalized spacial score (nSPS) is 18.5. The summed E-state index contributed by atoms with van der Waals surface area (Å²) in [5, 5.41) is 11.5. The molecular weight excluding hydrogens is 241 g/mol. The first-order valence-electron chi connectivity index (χ1n) is 5.50. The van der Waals surface area contributed by atoms with Gasteiger partial charge in [-0.2, -0.15) is 0 Å². The molecule has 1 unspecified atom stereocenters. The molecule has 2 rings (SSSR count). The predicted molar refractivity (Wildman–Crippen MR) is 60.0 cm³/mol. The van der Waals surface area contributed by atoms with Crippen LogP contribution in [0, 0.1) is 5.82 Å². The summed E-state index contributed by atoms with van der Waals surface area (Å²) in [5.41, 5.74) is -0.166. The molecule has 1 aromatic carbocycles. The van der Waals surface area contributed by atoms with Gasteiger partial charge in [-0.3, -0.25) is 4.79 Å². The SMILES string of the molecule is O=C1CCC(COc2cc(F)cc(C(=O)O)c2)N1. The maximum atomic E-state index is 13.1. The zero-order chi connectivity index (χ0) is 13.1. The molecule has 1 aliphatic rings. The van der Waals surface area contributed by atoms with Gasteiger partial charge in [-0.05, 0) is 18.6 Å². The topological polar surface area (TPSA) is 75.6 Å². The van der Waals surface area contributed by atoms with Crippen LogP contribution in [0.4, 0.5) is 4.39 Å². The van der Waals surface area contributed by atoms with Crippen molar-refractivity contribution in [2.45, 2.75) is 18.9 Å². The molecule has 1 fully saturated rings. The van der Waals surface area contributed by atoms with Crippen LogP contribution in [-0.2, 0) is 4.79 Å². The number of halogens is 1. The highest BCUT2D eigenvalue weighted by Gasteiger charge is 2.21. The zero-order valence-electron chi connectivity index (χ0n) is 9.48. The van der Waals surface area contributed by atoms with Crippen molar-refractivity contribution in [3.63, 3.8) is 0 Å². The Kier molecular flexibility index (Phi) is 3.45. The van der Waals surface area contributed by atoms with E-state index in [1.807, 2.05) is 0 Å². The van der Waals surface area contributed by atoms with E-state index in [1.165, 1.54) is 6.07 Å². The maximum Gasteiger partial charge on any atom is 0.335 e. The van der Waals surface area contributed by atoms with Gasteiger partial charge in [0.25, 0.3) is 0 Å². The highest BCUT2D eigenvalue weighted by molar-refractivity contribution is 5.88. The lowest BCUT2D eigenvalue weighted by Gasteiger charge is -2.12. The number of hydrogen-bond acceptors (Lipinski definition) is 3. The first-order valence-corrected chi connectivity index (χ1v) is 5.50. The number of carbonyl (C=O) groups is 2. The fourth-order valence-corrected chi connectivity index (χ4v) is 1.77. The molecule has 5 nitrogen and oxygen atoms in total. The minimum absolute atomic E-state index is 0.0333. The van der Waals surface area contributed by atoms with Crippen LogP contribution < -0.4 is 10.1 Å². The van der Waals surface area contributed by atoms with Gasteiger partial charge < -0.3 is 15.2 Å². The van der Waals surface area contributed by atoms with Gasteiger partial charge in [0.05, 0.1) is 11.6 Å². The first kappa shape index (κ1) is 12.3. The largest absolute Gasteiger partial charge is 0.491 e. The van der Waals surface area contributed by atoms with Crippen molar-refractivity contribution in [3.05, 3.63) is 29.6 Å². The van der Waals surface area contributed by atoms with E-state index < -0.39 is 11.8 Å².